The van der Waals surface area contributed by atoms with Crippen molar-refractivity contribution in [1.82, 2.24) is 0 Å². The maximum atomic E-state index is 5.80. The molecule has 0 saturated carbocycles. The molecular formula is C14H16N2. The molecule has 0 saturated heterocycles. The van der Waals surface area contributed by atoms with Crippen molar-refractivity contribution in [3.63, 3.8) is 0 Å². The standard InChI is InChI=1S/C14H16N2/c1-2-16(13-8-4-3-5-9-13)14-10-6-7-12(15)11-14/h3-11H,2,15H2,1H3. The Morgan fingerprint density at radius 3 is 2.25 bits per heavy atom. The van der Waals surface area contributed by atoms with Gasteiger partial charge in [-0.3, -0.25) is 0 Å². The van der Waals surface area contributed by atoms with Crippen molar-refractivity contribution >= 4 is 17.1 Å². The predicted molar refractivity (Wildman–Crippen MR) is 70.0 cm³/mol. The molecule has 0 aliphatic carbocycles. The Morgan fingerprint density at radius 2 is 1.62 bits per heavy atom. The van der Waals surface area contributed by atoms with E-state index in [1.165, 1.54) is 5.69 Å². The summed E-state index contributed by atoms with van der Waals surface area (Å²) < 4.78 is 0. The fourth-order valence-corrected chi connectivity index (χ4v) is 1.81. The minimum Gasteiger partial charge on any atom is -0.399 e. The third-order valence-electron chi connectivity index (χ3n) is 2.57. The minimum absolute atomic E-state index is 0.798. The highest BCUT2D eigenvalue weighted by molar-refractivity contribution is 5.66. The SMILES string of the molecule is CCN(c1ccccc1)c1cccc(N)c1. The van der Waals surface area contributed by atoms with E-state index < -0.39 is 0 Å². The summed E-state index contributed by atoms with van der Waals surface area (Å²) in [5.41, 5.74) is 8.92. The highest BCUT2D eigenvalue weighted by atomic mass is 15.1. The van der Waals surface area contributed by atoms with E-state index in [1.807, 2.05) is 36.4 Å². The zero-order valence-electron chi connectivity index (χ0n) is 9.43. The normalized spacial score (nSPS) is 10.1. The van der Waals surface area contributed by atoms with Crippen molar-refractivity contribution in [3.05, 3.63) is 54.6 Å². The van der Waals surface area contributed by atoms with Gasteiger partial charge in [-0.15, -0.1) is 0 Å². The van der Waals surface area contributed by atoms with Gasteiger partial charge in [0.05, 0.1) is 0 Å². The van der Waals surface area contributed by atoms with Crippen LogP contribution in [-0.4, -0.2) is 6.54 Å². The van der Waals surface area contributed by atoms with Crippen LogP contribution in [0.1, 0.15) is 6.92 Å². The number of nitrogens with zero attached hydrogens (tertiary/aromatic N) is 1. The van der Waals surface area contributed by atoms with Crippen LogP contribution in [0, 0.1) is 0 Å². The molecule has 0 bridgehead atoms. The van der Waals surface area contributed by atoms with Gasteiger partial charge in [-0.25, -0.2) is 0 Å². The third kappa shape index (κ3) is 2.16. The van der Waals surface area contributed by atoms with Crippen LogP contribution in [0.4, 0.5) is 17.1 Å². The molecule has 0 fully saturated rings. The van der Waals surface area contributed by atoms with Gasteiger partial charge in [0.15, 0.2) is 0 Å². The average molecular weight is 212 g/mol. The lowest BCUT2D eigenvalue weighted by Crippen LogP contribution is -2.15. The average Bonchev–Trinajstić information content (AvgIpc) is 2.31. The van der Waals surface area contributed by atoms with E-state index in [4.69, 9.17) is 5.73 Å². The number of rotatable bonds is 3. The van der Waals surface area contributed by atoms with Crippen molar-refractivity contribution < 1.29 is 0 Å². The number of para-hydroxylation sites is 1. The van der Waals surface area contributed by atoms with E-state index in [2.05, 4.69) is 30.0 Å². The summed E-state index contributed by atoms with van der Waals surface area (Å²) in [6, 6.07) is 18.3. The zero-order chi connectivity index (χ0) is 11.4. The first-order valence-electron chi connectivity index (χ1n) is 5.49. The molecule has 0 spiro atoms. The minimum atomic E-state index is 0.798. The van der Waals surface area contributed by atoms with Crippen molar-refractivity contribution in [2.45, 2.75) is 6.92 Å². The largest absolute Gasteiger partial charge is 0.399 e. The molecule has 0 heterocycles. The number of hydrogen-bond donors (Lipinski definition) is 1. The highest BCUT2D eigenvalue weighted by Gasteiger charge is 2.05. The number of nitrogens with two attached hydrogens (primary N) is 1. The van der Waals surface area contributed by atoms with Gasteiger partial charge in [0.25, 0.3) is 0 Å². The fourth-order valence-electron chi connectivity index (χ4n) is 1.81. The van der Waals surface area contributed by atoms with Crippen LogP contribution in [0.15, 0.2) is 54.6 Å². The molecule has 0 atom stereocenters. The van der Waals surface area contributed by atoms with E-state index in [9.17, 15) is 0 Å². The summed E-state index contributed by atoms with van der Waals surface area (Å²) in [4.78, 5) is 2.23. The van der Waals surface area contributed by atoms with E-state index in [-0.39, 0.29) is 0 Å². The Morgan fingerprint density at radius 1 is 0.938 bits per heavy atom. The summed E-state index contributed by atoms with van der Waals surface area (Å²) in [7, 11) is 0. The quantitative estimate of drug-likeness (QED) is 0.790. The summed E-state index contributed by atoms with van der Waals surface area (Å²) in [6.07, 6.45) is 0. The molecule has 0 radical (unpaired) electrons. The monoisotopic (exact) mass is 212 g/mol. The Bertz CT molecular complexity index is 451. The van der Waals surface area contributed by atoms with E-state index >= 15 is 0 Å². The molecule has 2 N–H and O–H groups in total. The molecule has 2 heteroatoms. The maximum absolute atomic E-state index is 5.80. The predicted octanol–water partition coefficient (Wildman–Crippen LogP) is 3.43. The lowest BCUT2D eigenvalue weighted by molar-refractivity contribution is 1.02. The lowest BCUT2D eigenvalue weighted by atomic mass is 10.2. The van der Waals surface area contributed by atoms with Crippen molar-refractivity contribution in [2.24, 2.45) is 0 Å². The second-order valence-electron chi connectivity index (χ2n) is 3.67. The third-order valence-corrected chi connectivity index (χ3v) is 2.57. The second kappa shape index (κ2) is 4.71. The first-order chi connectivity index (χ1) is 7.81. The second-order valence-corrected chi connectivity index (χ2v) is 3.67. The number of benzene rings is 2. The molecule has 82 valence electrons. The molecule has 0 amide bonds. The van der Waals surface area contributed by atoms with Crippen LogP contribution >= 0.6 is 0 Å². The Hall–Kier alpha value is -1.96. The summed E-state index contributed by atoms with van der Waals surface area (Å²) in [5.74, 6) is 0. The maximum Gasteiger partial charge on any atom is 0.0431 e. The van der Waals surface area contributed by atoms with Gasteiger partial charge in [-0.05, 0) is 37.3 Å². The number of hydrogen-bond acceptors (Lipinski definition) is 2. The van der Waals surface area contributed by atoms with Gasteiger partial charge in [-0.1, -0.05) is 24.3 Å². The molecular weight excluding hydrogens is 196 g/mol. The van der Waals surface area contributed by atoms with E-state index in [0.717, 1.165) is 17.9 Å². The fraction of sp³-hybridized carbons (Fsp3) is 0.143. The molecule has 0 aliphatic rings. The molecule has 2 nitrogen and oxygen atoms in total. The molecule has 0 aliphatic heterocycles. The van der Waals surface area contributed by atoms with Crippen molar-refractivity contribution in [3.8, 4) is 0 Å². The number of anilines is 3. The van der Waals surface area contributed by atoms with E-state index in [0.29, 0.717) is 0 Å². The van der Waals surface area contributed by atoms with Crippen LogP contribution in [0.3, 0.4) is 0 Å². The molecule has 16 heavy (non-hydrogen) atoms. The Kier molecular flexibility index (Phi) is 3.10. The number of nitrogen functional groups attached to an aromatic ring is 1. The molecule has 0 unspecified atom stereocenters. The first kappa shape index (κ1) is 10.6. The van der Waals surface area contributed by atoms with Gasteiger partial charge in [0, 0.05) is 23.6 Å². The first-order valence-corrected chi connectivity index (χ1v) is 5.49. The molecule has 2 aromatic rings. The summed E-state index contributed by atoms with van der Waals surface area (Å²) in [5, 5.41) is 0. The van der Waals surface area contributed by atoms with Crippen LogP contribution in [0.2, 0.25) is 0 Å². The van der Waals surface area contributed by atoms with Crippen LogP contribution in [-0.2, 0) is 0 Å². The van der Waals surface area contributed by atoms with Crippen molar-refractivity contribution in [1.29, 1.82) is 0 Å². The van der Waals surface area contributed by atoms with Crippen LogP contribution in [0.5, 0.6) is 0 Å². The van der Waals surface area contributed by atoms with Crippen LogP contribution < -0.4 is 10.6 Å². The van der Waals surface area contributed by atoms with Gasteiger partial charge in [0.2, 0.25) is 0 Å². The van der Waals surface area contributed by atoms with Gasteiger partial charge >= 0.3 is 0 Å². The zero-order valence-corrected chi connectivity index (χ0v) is 9.43. The lowest BCUT2D eigenvalue weighted by Gasteiger charge is -2.23. The molecule has 0 aromatic heterocycles. The van der Waals surface area contributed by atoms with Crippen LogP contribution in [0.25, 0.3) is 0 Å². The smallest absolute Gasteiger partial charge is 0.0431 e. The molecule has 2 rings (SSSR count). The van der Waals surface area contributed by atoms with Gasteiger partial charge in [-0.2, -0.15) is 0 Å². The summed E-state index contributed by atoms with van der Waals surface area (Å²) >= 11 is 0. The highest BCUT2D eigenvalue weighted by Crippen LogP contribution is 2.25. The van der Waals surface area contributed by atoms with E-state index in [1.54, 1.807) is 0 Å². The van der Waals surface area contributed by atoms with Gasteiger partial charge in [0.1, 0.15) is 0 Å². The molecule has 2 aromatic carbocycles. The van der Waals surface area contributed by atoms with Gasteiger partial charge < -0.3 is 10.6 Å². The van der Waals surface area contributed by atoms with Crippen molar-refractivity contribution in [2.75, 3.05) is 17.2 Å². The summed E-state index contributed by atoms with van der Waals surface area (Å²) in [6.45, 7) is 3.06. The Balaban J connectivity index is 2.37. The Labute approximate surface area is 96.3 Å². The topological polar surface area (TPSA) is 29.3 Å².